The van der Waals surface area contributed by atoms with E-state index in [1.165, 1.54) is 12.1 Å². The van der Waals surface area contributed by atoms with E-state index in [1.54, 1.807) is 25.3 Å². The van der Waals surface area contributed by atoms with Crippen molar-refractivity contribution in [2.45, 2.75) is 6.61 Å². The summed E-state index contributed by atoms with van der Waals surface area (Å²) in [6.45, 7) is 0.127. The highest BCUT2D eigenvalue weighted by molar-refractivity contribution is 7.21. The number of carbonyl (C=O) groups excluding carboxylic acids is 1. The molecule has 0 amide bonds. The molecule has 6 heteroatoms. The van der Waals surface area contributed by atoms with E-state index in [-0.39, 0.29) is 17.3 Å². The molecule has 1 aromatic heterocycles. The highest BCUT2D eigenvalue weighted by Crippen LogP contribution is 2.36. The van der Waals surface area contributed by atoms with Gasteiger partial charge in [-0.2, -0.15) is 0 Å². The summed E-state index contributed by atoms with van der Waals surface area (Å²) in [5, 5.41) is 0.944. The number of hydrogen-bond acceptors (Lipinski definition) is 4. The molecule has 3 aromatic rings. The fourth-order valence-electron chi connectivity index (χ4n) is 2.11. The van der Waals surface area contributed by atoms with Gasteiger partial charge in [0.1, 0.15) is 23.1 Å². The molecule has 0 fully saturated rings. The lowest BCUT2D eigenvalue weighted by atomic mass is 10.2. The molecule has 0 saturated heterocycles. The van der Waals surface area contributed by atoms with Crippen LogP contribution in [0.1, 0.15) is 15.2 Å². The van der Waals surface area contributed by atoms with Crippen molar-refractivity contribution in [3.8, 4) is 5.75 Å². The second-order valence-corrected chi connectivity index (χ2v) is 6.24. The maximum Gasteiger partial charge on any atom is 0.350 e. The van der Waals surface area contributed by atoms with E-state index in [2.05, 4.69) is 0 Å². The fourth-order valence-corrected chi connectivity index (χ4v) is 3.53. The van der Waals surface area contributed by atoms with Gasteiger partial charge in [-0.25, -0.2) is 9.18 Å². The molecule has 23 heavy (non-hydrogen) atoms. The van der Waals surface area contributed by atoms with Crippen LogP contribution in [0.15, 0.2) is 42.5 Å². The van der Waals surface area contributed by atoms with Gasteiger partial charge in [-0.15, -0.1) is 11.3 Å². The van der Waals surface area contributed by atoms with Crippen LogP contribution in [0.2, 0.25) is 5.02 Å². The standard InChI is InChI=1S/C17H12ClFO3S/c1-21-12-5-2-10(3-6-12)9-22-17(20)16-15(18)13-7-4-11(19)8-14(13)23-16/h2-8H,9H2,1H3. The van der Waals surface area contributed by atoms with Gasteiger partial charge in [0.25, 0.3) is 0 Å². The molecule has 0 aliphatic carbocycles. The first-order valence-electron chi connectivity index (χ1n) is 6.76. The van der Waals surface area contributed by atoms with Gasteiger partial charge in [-0.1, -0.05) is 23.7 Å². The van der Waals surface area contributed by atoms with Gasteiger partial charge >= 0.3 is 5.97 Å². The Hall–Kier alpha value is -2.11. The highest BCUT2D eigenvalue weighted by atomic mass is 35.5. The molecule has 1 heterocycles. The van der Waals surface area contributed by atoms with Crippen molar-refractivity contribution in [2.24, 2.45) is 0 Å². The van der Waals surface area contributed by atoms with Crippen LogP contribution in [0.4, 0.5) is 4.39 Å². The minimum Gasteiger partial charge on any atom is -0.497 e. The number of thiophene rings is 1. The molecule has 0 bridgehead atoms. The number of fused-ring (bicyclic) bond motifs is 1. The smallest absolute Gasteiger partial charge is 0.350 e. The Kier molecular flexibility index (Phi) is 4.50. The summed E-state index contributed by atoms with van der Waals surface area (Å²) >= 11 is 7.32. The molecular weight excluding hydrogens is 339 g/mol. The maximum atomic E-state index is 13.2. The van der Waals surface area contributed by atoms with Gasteiger partial charge in [0, 0.05) is 10.1 Å². The first-order valence-corrected chi connectivity index (χ1v) is 7.95. The fraction of sp³-hybridized carbons (Fsp3) is 0.118. The van der Waals surface area contributed by atoms with Crippen LogP contribution in [0.5, 0.6) is 5.75 Å². The topological polar surface area (TPSA) is 35.5 Å². The van der Waals surface area contributed by atoms with Crippen LogP contribution < -0.4 is 4.74 Å². The summed E-state index contributed by atoms with van der Waals surface area (Å²) in [7, 11) is 1.58. The van der Waals surface area contributed by atoms with Gasteiger partial charge in [0.2, 0.25) is 0 Å². The first kappa shape index (κ1) is 15.8. The van der Waals surface area contributed by atoms with Gasteiger partial charge < -0.3 is 9.47 Å². The molecule has 0 aliphatic rings. The first-order chi connectivity index (χ1) is 11.1. The van der Waals surface area contributed by atoms with E-state index < -0.39 is 5.97 Å². The third-order valence-corrected chi connectivity index (χ3v) is 4.94. The molecule has 0 saturated carbocycles. The largest absolute Gasteiger partial charge is 0.497 e. The zero-order valence-corrected chi connectivity index (χ0v) is 13.7. The number of carbonyl (C=O) groups is 1. The number of rotatable bonds is 4. The van der Waals surface area contributed by atoms with E-state index in [9.17, 15) is 9.18 Å². The molecule has 3 nitrogen and oxygen atoms in total. The van der Waals surface area contributed by atoms with Crippen LogP contribution in [-0.4, -0.2) is 13.1 Å². The normalized spacial score (nSPS) is 10.7. The average molecular weight is 351 g/mol. The molecule has 0 radical (unpaired) electrons. The number of halogens is 2. The third kappa shape index (κ3) is 3.30. The molecule has 0 N–H and O–H groups in total. The van der Waals surface area contributed by atoms with E-state index in [4.69, 9.17) is 21.1 Å². The number of benzene rings is 2. The van der Waals surface area contributed by atoms with Gasteiger partial charge in [0.15, 0.2) is 0 Å². The van der Waals surface area contributed by atoms with Crippen molar-refractivity contribution < 1.29 is 18.7 Å². The Morgan fingerprint density at radius 1 is 1.22 bits per heavy atom. The predicted molar refractivity (Wildman–Crippen MR) is 88.9 cm³/mol. The molecule has 0 unspecified atom stereocenters. The van der Waals surface area contributed by atoms with Gasteiger partial charge in [-0.05, 0) is 35.9 Å². The number of hydrogen-bond donors (Lipinski definition) is 0. The Morgan fingerprint density at radius 2 is 1.96 bits per heavy atom. The number of methoxy groups -OCH3 is 1. The minimum atomic E-state index is -0.521. The van der Waals surface area contributed by atoms with E-state index >= 15 is 0 Å². The quantitative estimate of drug-likeness (QED) is 0.617. The summed E-state index contributed by atoms with van der Waals surface area (Å²) in [5.74, 6) is -0.157. The monoisotopic (exact) mass is 350 g/mol. The Labute approximate surface area is 141 Å². The predicted octanol–water partition coefficient (Wildman–Crippen LogP) is 5.06. The Morgan fingerprint density at radius 3 is 2.65 bits per heavy atom. The van der Waals surface area contributed by atoms with Crippen molar-refractivity contribution in [2.75, 3.05) is 7.11 Å². The van der Waals surface area contributed by atoms with Gasteiger partial charge in [0.05, 0.1) is 12.1 Å². The van der Waals surface area contributed by atoms with E-state index in [1.807, 2.05) is 12.1 Å². The van der Waals surface area contributed by atoms with Gasteiger partial charge in [-0.3, -0.25) is 0 Å². The van der Waals surface area contributed by atoms with E-state index in [0.29, 0.717) is 15.1 Å². The average Bonchev–Trinajstić information content (AvgIpc) is 2.89. The second kappa shape index (κ2) is 6.56. The molecule has 0 atom stereocenters. The SMILES string of the molecule is COc1ccc(COC(=O)c2sc3cc(F)ccc3c2Cl)cc1. The Balaban J connectivity index is 1.76. The molecular formula is C17H12ClFO3S. The molecule has 118 valence electrons. The summed E-state index contributed by atoms with van der Waals surface area (Å²) < 4.78 is 24.2. The number of ether oxygens (including phenoxy) is 2. The van der Waals surface area contributed by atoms with Crippen molar-refractivity contribution in [1.29, 1.82) is 0 Å². The van der Waals surface area contributed by atoms with Crippen LogP contribution in [0.25, 0.3) is 10.1 Å². The molecule has 0 spiro atoms. The second-order valence-electron chi connectivity index (χ2n) is 4.81. The van der Waals surface area contributed by atoms with Crippen molar-refractivity contribution >= 4 is 39.0 Å². The summed E-state index contributed by atoms with van der Waals surface area (Å²) in [6.07, 6.45) is 0. The van der Waals surface area contributed by atoms with Crippen molar-refractivity contribution in [3.05, 3.63) is 63.7 Å². The summed E-state index contributed by atoms with van der Waals surface area (Å²) in [5.41, 5.74) is 0.836. The molecule has 0 aliphatic heterocycles. The van der Waals surface area contributed by atoms with Crippen LogP contribution in [-0.2, 0) is 11.3 Å². The lowest BCUT2D eigenvalue weighted by molar-refractivity contribution is 0.0479. The molecule has 2 aromatic carbocycles. The van der Waals surface area contributed by atoms with Crippen LogP contribution >= 0.6 is 22.9 Å². The Bertz CT molecular complexity index is 858. The highest BCUT2D eigenvalue weighted by Gasteiger charge is 2.18. The zero-order chi connectivity index (χ0) is 16.4. The number of esters is 1. The third-order valence-electron chi connectivity index (χ3n) is 3.31. The lowest BCUT2D eigenvalue weighted by Gasteiger charge is -2.05. The van der Waals surface area contributed by atoms with Crippen LogP contribution in [0, 0.1) is 5.82 Å². The van der Waals surface area contributed by atoms with Crippen molar-refractivity contribution in [1.82, 2.24) is 0 Å². The molecule has 3 rings (SSSR count). The minimum absolute atomic E-state index is 0.127. The van der Waals surface area contributed by atoms with Crippen LogP contribution in [0.3, 0.4) is 0 Å². The summed E-state index contributed by atoms with van der Waals surface area (Å²) in [4.78, 5) is 12.5. The summed E-state index contributed by atoms with van der Waals surface area (Å²) in [6, 6.07) is 11.4. The lowest BCUT2D eigenvalue weighted by Crippen LogP contribution is -2.03. The van der Waals surface area contributed by atoms with E-state index in [0.717, 1.165) is 22.6 Å². The zero-order valence-electron chi connectivity index (χ0n) is 12.1. The van der Waals surface area contributed by atoms with Crippen molar-refractivity contribution in [3.63, 3.8) is 0 Å². The maximum absolute atomic E-state index is 13.2.